The van der Waals surface area contributed by atoms with Gasteiger partial charge in [0, 0.05) is 0 Å². The molecule has 0 bridgehead atoms. The van der Waals surface area contributed by atoms with Crippen molar-refractivity contribution >= 4 is 7.69 Å². The molecule has 0 aliphatic heterocycles. The molecule has 1 aromatic carbocycles. The normalized spacial score (nSPS) is 8.69. The van der Waals surface area contributed by atoms with Gasteiger partial charge in [0.05, 0.1) is 6.10 Å². The third-order valence-electron chi connectivity index (χ3n) is 1.11. The molecule has 0 amide bonds. The molecule has 0 aliphatic rings. The van der Waals surface area contributed by atoms with Crippen LogP contribution in [0.1, 0.15) is 13.8 Å². The zero-order chi connectivity index (χ0) is 10.1. The van der Waals surface area contributed by atoms with Gasteiger partial charge in [-0.25, -0.2) is 0 Å². The van der Waals surface area contributed by atoms with Crippen molar-refractivity contribution in [2.24, 2.45) is 0 Å². The average molecular weight is 182 g/mol. The van der Waals surface area contributed by atoms with E-state index in [0.717, 1.165) is 5.75 Å². The molecule has 4 heteroatoms. The first-order valence-electron chi connectivity index (χ1n) is 4.14. The molecular formula is C9H15BO3. The van der Waals surface area contributed by atoms with Crippen molar-refractivity contribution in [1.29, 1.82) is 0 Å². The molecule has 2 N–H and O–H groups in total. The Bertz CT molecular complexity index is 201. The summed E-state index contributed by atoms with van der Waals surface area (Å²) in [6.07, 6.45) is 0.266. The highest BCUT2D eigenvalue weighted by Crippen LogP contribution is 2.09. The summed E-state index contributed by atoms with van der Waals surface area (Å²) in [5, 5.41) is 14.2. The monoisotopic (exact) mass is 182 g/mol. The van der Waals surface area contributed by atoms with E-state index in [4.69, 9.17) is 14.8 Å². The summed E-state index contributed by atoms with van der Waals surface area (Å²) in [4.78, 5) is 0. The number of rotatable bonds is 2. The first kappa shape index (κ1) is 12.0. The Hall–Kier alpha value is -0.995. The van der Waals surface area contributed by atoms with Crippen molar-refractivity contribution in [1.82, 2.24) is 0 Å². The van der Waals surface area contributed by atoms with Gasteiger partial charge in [0.2, 0.25) is 0 Å². The maximum atomic E-state index is 7.12. The molecule has 0 heterocycles. The second-order valence-electron chi connectivity index (χ2n) is 2.62. The maximum absolute atomic E-state index is 7.12. The third-order valence-corrected chi connectivity index (χ3v) is 1.11. The minimum atomic E-state index is -0.750. The van der Waals surface area contributed by atoms with Crippen LogP contribution in [0.4, 0.5) is 0 Å². The molecule has 0 unspecified atom stereocenters. The highest BCUT2D eigenvalue weighted by molar-refractivity contribution is 6.13. The van der Waals surface area contributed by atoms with Crippen molar-refractivity contribution in [2.75, 3.05) is 0 Å². The second-order valence-corrected chi connectivity index (χ2v) is 2.62. The highest BCUT2D eigenvalue weighted by Gasteiger charge is 1.92. The predicted molar refractivity (Wildman–Crippen MR) is 53.8 cm³/mol. The van der Waals surface area contributed by atoms with E-state index in [1.54, 1.807) is 0 Å². The Morgan fingerprint density at radius 1 is 1.15 bits per heavy atom. The topological polar surface area (TPSA) is 49.7 Å². The lowest BCUT2D eigenvalue weighted by molar-refractivity contribution is 0.242. The van der Waals surface area contributed by atoms with Gasteiger partial charge in [0.15, 0.2) is 0 Å². The van der Waals surface area contributed by atoms with E-state index in [2.05, 4.69) is 0 Å². The van der Waals surface area contributed by atoms with Crippen LogP contribution in [0.25, 0.3) is 0 Å². The fraction of sp³-hybridized carbons (Fsp3) is 0.333. The van der Waals surface area contributed by atoms with E-state index in [9.17, 15) is 0 Å². The van der Waals surface area contributed by atoms with Crippen molar-refractivity contribution in [2.45, 2.75) is 20.0 Å². The van der Waals surface area contributed by atoms with Gasteiger partial charge in [-0.3, -0.25) is 0 Å². The van der Waals surface area contributed by atoms with Crippen LogP contribution in [-0.4, -0.2) is 23.8 Å². The van der Waals surface area contributed by atoms with E-state index in [1.165, 1.54) is 0 Å². The van der Waals surface area contributed by atoms with E-state index in [1.807, 2.05) is 44.2 Å². The average Bonchev–Trinajstić information content (AvgIpc) is 2.06. The van der Waals surface area contributed by atoms with Gasteiger partial charge < -0.3 is 14.8 Å². The zero-order valence-electron chi connectivity index (χ0n) is 7.97. The van der Waals surface area contributed by atoms with Crippen LogP contribution in [-0.2, 0) is 0 Å². The summed E-state index contributed by atoms with van der Waals surface area (Å²) in [5.41, 5.74) is 0. The smallest absolute Gasteiger partial charge is 0.432 e. The number of hydrogen-bond acceptors (Lipinski definition) is 3. The predicted octanol–water partition coefficient (Wildman–Crippen LogP) is 0.711. The molecule has 0 saturated carbocycles. The Morgan fingerprint density at radius 3 is 2.00 bits per heavy atom. The highest BCUT2D eigenvalue weighted by atomic mass is 16.5. The molecule has 0 aromatic heterocycles. The van der Waals surface area contributed by atoms with E-state index in [-0.39, 0.29) is 6.10 Å². The standard InChI is InChI=1S/C9H12O.BH3O2/c1-8(2)10-9-6-4-3-5-7-9;2-1-3/h3-8H,1-2H3;1-3H. The Morgan fingerprint density at radius 2 is 1.62 bits per heavy atom. The van der Waals surface area contributed by atoms with Gasteiger partial charge in [0.25, 0.3) is 0 Å². The lowest BCUT2D eigenvalue weighted by atomic mass is 10.3. The molecule has 0 radical (unpaired) electrons. The van der Waals surface area contributed by atoms with Gasteiger partial charge >= 0.3 is 7.69 Å². The van der Waals surface area contributed by atoms with Crippen molar-refractivity contribution in [3.05, 3.63) is 30.3 Å². The number of hydrogen-bond donors (Lipinski definition) is 2. The van der Waals surface area contributed by atoms with E-state index >= 15 is 0 Å². The van der Waals surface area contributed by atoms with Crippen molar-refractivity contribution in [3.8, 4) is 5.75 Å². The molecule has 0 spiro atoms. The van der Waals surface area contributed by atoms with Crippen molar-refractivity contribution < 1.29 is 14.8 Å². The molecule has 0 aliphatic carbocycles. The number of benzene rings is 1. The van der Waals surface area contributed by atoms with Gasteiger partial charge in [-0.2, -0.15) is 0 Å². The van der Waals surface area contributed by atoms with E-state index < -0.39 is 7.69 Å². The molecular weight excluding hydrogens is 167 g/mol. The Kier molecular flexibility index (Phi) is 7.06. The quantitative estimate of drug-likeness (QED) is 0.662. The van der Waals surface area contributed by atoms with Gasteiger partial charge in [0.1, 0.15) is 5.75 Å². The summed E-state index contributed by atoms with van der Waals surface area (Å²) < 4.78 is 5.41. The van der Waals surface area contributed by atoms with Crippen LogP contribution in [0.5, 0.6) is 5.75 Å². The largest absolute Gasteiger partial charge is 0.491 e. The van der Waals surface area contributed by atoms with Crippen LogP contribution < -0.4 is 4.74 Å². The molecule has 1 aromatic rings. The maximum Gasteiger partial charge on any atom is 0.432 e. The zero-order valence-corrected chi connectivity index (χ0v) is 7.97. The summed E-state index contributed by atoms with van der Waals surface area (Å²) in [7, 11) is -0.750. The van der Waals surface area contributed by atoms with Crippen LogP contribution in [0.15, 0.2) is 30.3 Å². The fourth-order valence-electron chi connectivity index (χ4n) is 0.771. The molecule has 0 atom stereocenters. The summed E-state index contributed by atoms with van der Waals surface area (Å²) in [6, 6.07) is 9.84. The van der Waals surface area contributed by atoms with Gasteiger partial charge in [-0.05, 0) is 26.0 Å². The van der Waals surface area contributed by atoms with Crippen LogP contribution in [0, 0.1) is 0 Å². The first-order chi connectivity index (χ1) is 6.20. The molecule has 13 heavy (non-hydrogen) atoms. The number of para-hydroxylation sites is 1. The molecule has 0 saturated heterocycles. The summed E-state index contributed by atoms with van der Waals surface area (Å²) in [6.45, 7) is 4.04. The molecule has 3 nitrogen and oxygen atoms in total. The molecule has 0 fully saturated rings. The SMILES string of the molecule is CC(C)Oc1ccccc1.OBO. The van der Waals surface area contributed by atoms with Crippen LogP contribution in [0.2, 0.25) is 0 Å². The van der Waals surface area contributed by atoms with Gasteiger partial charge in [-0.15, -0.1) is 0 Å². The number of ether oxygens (including phenoxy) is 1. The summed E-state index contributed by atoms with van der Waals surface area (Å²) in [5.74, 6) is 0.942. The van der Waals surface area contributed by atoms with Crippen LogP contribution in [0.3, 0.4) is 0 Å². The third kappa shape index (κ3) is 7.37. The fourth-order valence-corrected chi connectivity index (χ4v) is 0.771. The molecule has 1 rings (SSSR count). The first-order valence-corrected chi connectivity index (χ1v) is 4.14. The molecule has 72 valence electrons. The minimum Gasteiger partial charge on any atom is -0.491 e. The van der Waals surface area contributed by atoms with E-state index in [0.29, 0.717) is 0 Å². The minimum absolute atomic E-state index is 0.266. The van der Waals surface area contributed by atoms with Gasteiger partial charge in [-0.1, -0.05) is 18.2 Å². The Labute approximate surface area is 79.3 Å². The Balaban J connectivity index is 0.000000424. The van der Waals surface area contributed by atoms with Crippen molar-refractivity contribution in [3.63, 3.8) is 0 Å². The second kappa shape index (κ2) is 7.64. The van der Waals surface area contributed by atoms with Crippen LogP contribution >= 0.6 is 0 Å². The summed E-state index contributed by atoms with van der Waals surface area (Å²) >= 11 is 0. The lowest BCUT2D eigenvalue weighted by Crippen LogP contribution is -2.04. The lowest BCUT2D eigenvalue weighted by Gasteiger charge is -2.07.